The Hall–Kier alpha value is -2.52. The number of amides is 2. The Labute approximate surface area is 166 Å². The van der Waals surface area contributed by atoms with E-state index in [0.717, 1.165) is 25.1 Å². The average molecular weight is 414 g/mol. The number of hydrogen-bond donors (Lipinski definition) is 3. The van der Waals surface area contributed by atoms with Crippen molar-refractivity contribution in [2.24, 2.45) is 11.8 Å². The number of halogens is 3. The number of nitrogens with zero attached hydrogens (tertiary/aromatic N) is 2. The van der Waals surface area contributed by atoms with E-state index in [1.165, 1.54) is 6.07 Å². The minimum atomic E-state index is -4.42. The van der Waals surface area contributed by atoms with Crippen molar-refractivity contribution in [2.75, 3.05) is 18.0 Å². The number of fused-ring (bicyclic) bond motifs is 1. The third-order valence-corrected chi connectivity index (χ3v) is 5.78. The molecule has 1 saturated heterocycles. The van der Waals surface area contributed by atoms with E-state index < -0.39 is 23.9 Å². The van der Waals surface area contributed by atoms with Crippen LogP contribution in [-0.2, 0) is 11.0 Å². The molecule has 29 heavy (non-hydrogen) atoms. The second-order valence-electron chi connectivity index (χ2n) is 7.71. The number of rotatable bonds is 6. The van der Waals surface area contributed by atoms with Gasteiger partial charge in [0.2, 0.25) is 5.91 Å². The third-order valence-electron chi connectivity index (χ3n) is 5.78. The summed E-state index contributed by atoms with van der Waals surface area (Å²) in [5.41, 5.74) is -0.779. The van der Waals surface area contributed by atoms with Gasteiger partial charge < -0.3 is 20.6 Å². The first-order valence-corrected chi connectivity index (χ1v) is 9.77. The van der Waals surface area contributed by atoms with Crippen LogP contribution < -0.4 is 15.5 Å². The molecule has 2 aliphatic rings. The third kappa shape index (κ3) is 4.91. The molecule has 0 bridgehead atoms. The highest BCUT2D eigenvalue weighted by molar-refractivity contribution is 5.85. The zero-order chi connectivity index (χ0) is 21.2. The fourth-order valence-corrected chi connectivity index (χ4v) is 4.36. The number of hydrogen-bond acceptors (Lipinski definition) is 4. The largest absolute Gasteiger partial charge is 0.465 e. The summed E-state index contributed by atoms with van der Waals surface area (Å²) < 4.78 is 38.2. The average Bonchev–Trinajstić information content (AvgIpc) is 3.22. The molecule has 1 aromatic rings. The lowest BCUT2D eigenvalue weighted by Gasteiger charge is -2.25. The predicted molar refractivity (Wildman–Crippen MR) is 99.5 cm³/mol. The number of pyridine rings is 1. The smallest absolute Gasteiger partial charge is 0.417 e. The molecule has 2 fully saturated rings. The van der Waals surface area contributed by atoms with Crippen molar-refractivity contribution in [2.45, 2.75) is 50.9 Å². The molecule has 1 aliphatic carbocycles. The van der Waals surface area contributed by atoms with Crippen molar-refractivity contribution in [3.63, 3.8) is 0 Å². The maximum atomic E-state index is 12.7. The van der Waals surface area contributed by atoms with Gasteiger partial charge in [-0.2, -0.15) is 13.2 Å². The molecule has 0 radical (unpaired) electrons. The first-order chi connectivity index (χ1) is 13.7. The van der Waals surface area contributed by atoms with Gasteiger partial charge in [0.1, 0.15) is 11.9 Å². The van der Waals surface area contributed by atoms with E-state index in [-0.39, 0.29) is 17.9 Å². The van der Waals surface area contributed by atoms with Crippen molar-refractivity contribution in [1.82, 2.24) is 15.6 Å². The zero-order valence-corrected chi connectivity index (χ0v) is 16.1. The summed E-state index contributed by atoms with van der Waals surface area (Å²) in [5, 5.41) is 14.2. The van der Waals surface area contributed by atoms with E-state index in [9.17, 15) is 22.8 Å². The SMILES string of the molecule is CCC[C@H](NC(=O)O)C(=O)N[C@H]1CC[C@@H]2CN(c3ccc(C(F)(F)F)cn3)C[C@@H]21. The van der Waals surface area contributed by atoms with Crippen LogP contribution in [0.25, 0.3) is 0 Å². The van der Waals surface area contributed by atoms with Crippen molar-refractivity contribution >= 4 is 17.8 Å². The summed E-state index contributed by atoms with van der Waals surface area (Å²) >= 11 is 0. The standard InChI is InChI=1S/C19H25F3N4O3/c1-2-3-15(25-18(28)29)17(27)24-14-6-4-11-9-26(10-13(11)14)16-7-5-12(8-23-16)19(20,21)22/h5,7-8,11,13-15,25H,2-4,6,9-10H2,1H3,(H,24,27)(H,28,29)/t11-,13+,14+,15+/m1/s1. The summed E-state index contributed by atoms with van der Waals surface area (Å²) in [4.78, 5) is 29.4. The van der Waals surface area contributed by atoms with Crippen LogP contribution in [0, 0.1) is 11.8 Å². The Kier molecular flexibility index (Phi) is 6.18. The molecule has 7 nitrogen and oxygen atoms in total. The van der Waals surface area contributed by atoms with E-state index in [0.29, 0.717) is 37.7 Å². The van der Waals surface area contributed by atoms with E-state index in [1.807, 2.05) is 11.8 Å². The van der Waals surface area contributed by atoms with Crippen LogP contribution in [0.1, 0.15) is 38.2 Å². The monoisotopic (exact) mass is 414 g/mol. The summed E-state index contributed by atoms with van der Waals surface area (Å²) in [7, 11) is 0. The van der Waals surface area contributed by atoms with Crippen LogP contribution in [0.2, 0.25) is 0 Å². The first-order valence-electron chi connectivity index (χ1n) is 9.77. The lowest BCUT2D eigenvalue weighted by atomic mass is 9.97. The molecule has 3 N–H and O–H groups in total. The summed E-state index contributed by atoms with van der Waals surface area (Å²) in [6, 6.07) is 1.54. The van der Waals surface area contributed by atoms with Crippen LogP contribution in [0.4, 0.5) is 23.8 Å². The Balaban J connectivity index is 1.62. The van der Waals surface area contributed by atoms with Gasteiger partial charge in [0.05, 0.1) is 5.56 Å². The molecule has 2 heterocycles. The normalized spacial score (nSPS) is 24.8. The maximum Gasteiger partial charge on any atom is 0.417 e. The summed E-state index contributed by atoms with van der Waals surface area (Å²) in [6.45, 7) is 3.15. The van der Waals surface area contributed by atoms with Crippen LogP contribution in [0.3, 0.4) is 0 Å². The van der Waals surface area contributed by atoms with Gasteiger partial charge in [-0.15, -0.1) is 0 Å². The number of alkyl halides is 3. The van der Waals surface area contributed by atoms with E-state index in [4.69, 9.17) is 5.11 Å². The van der Waals surface area contributed by atoms with E-state index in [1.54, 1.807) is 0 Å². The lowest BCUT2D eigenvalue weighted by molar-refractivity contribution is -0.137. The second kappa shape index (κ2) is 8.46. The van der Waals surface area contributed by atoms with Crippen molar-refractivity contribution in [1.29, 1.82) is 0 Å². The second-order valence-corrected chi connectivity index (χ2v) is 7.71. The van der Waals surface area contributed by atoms with Crippen molar-refractivity contribution in [3.8, 4) is 0 Å². The molecule has 3 rings (SSSR count). The molecular formula is C19H25F3N4O3. The van der Waals surface area contributed by atoms with Crippen LogP contribution in [0.15, 0.2) is 18.3 Å². The molecule has 10 heteroatoms. The molecule has 1 saturated carbocycles. The minimum Gasteiger partial charge on any atom is -0.465 e. The Morgan fingerprint density at radius 3 is 2.66 bits per heavy atom. The fraction of sp³-hybridized carbons (Fsp3) is 0.632. The van der Waals surface area contributed by atoms with Crippen molar-refractivity contribution < 1.29 is 27.9 Å². The van der Waals surface area contributed by atoms with Crippen LogP contribution in [0.5, 0.6) is 0 Å². The van der Waals surface area contributed by atoms with Crippen LogP contribution in [-0.4, -0.2) is 47.3 Å². The molecule has 160 valence electrons. The Morgan fingerprint density at radius 1 is 1.31 bits per heavy atom. The predicted octanol–water partition coefficient (Wildman–Crippen LogP) is 2.87. The summed E-state index contributed by atoms with van der Waals surface area (Å²) in [6.07, 6.45) is -2.01. The quantitative estimate of drug-likeness (QED) is 0.666. The number of anilines is 1. The molecule has 0 spiro atoms. The molecular weight excluding hydrogens is 389 g/mol. The molecule has 2 amide bonds. The Morgan fingerprint density at radius 2 is 2.07 bits per heavy atom. The molecule has 1 aromatic heterocycles. The molecule has 4 atom stereocenters. The lowest BCUT2D eigenvalue weighted by Crippen LogP contribution is -2.50. The number of carbonyl (C=O) groups is 2. The zero-order valence-electron chi connectivity index (χ0n) is 16.1. The number of nitrogens with one attached hydrogen (secondary N) is 2. The van der Waals surface area contributed by atoms with Crippen molar-refractivity contribution in [3.05, 3.63) is 23.9 Å². The van der Waals surface area contributed by atoms with Gasteiger partial charge in [0, 0.05) is 31.2 Å². The van der Waals surface area contributed by atoms with Gasteiger partial charge in [-0.3, -0.25) is 4.79 Å². The number of aromatic nitrogens is 1. The molecule has 0 aromatic carbocycles. The Bertz CT molecular complexity index is 741. The van der Waals surface area contributed by atoms with E-state index >= 15 is 0 Å². The minimum absolute atomic E-state index is 0.0816. The maximum absolute atomic E-state index is 12.7. The van der Waals surface area contributed by atoms with Crippen LogP contribution >= 0.6 is 0 Å². The molecule has 0 unspecified atom stereocenters. The van der Waals surface area contributed by atoms with Gasteiger partial charge in [0.15, 0.2) is 0 Å². The highest BCUT2D eigenvalue weighted by atomic mass is 19.4. The number of carbonyl (C=O) groups excluding carboxylic acids is 1. The number of carboxylic acid groups (broad SMARTS) is 1. The van der Waals surface area contributed by atoms with Gasteiger partial charge in [-0.25, -0.2) is 9.78 Å². The van der Waals surface area contributed by atoms with Gasteiger partial charge in [-0.1, -0.05) is 13.3 Å². The summed E-state index contributed by atoms with van der Waals surface area (Å²) in [5.74, 6) is 0.650. The first kappa shape index (κ1) is 21.2. The molecule has 1 aliphatic heterocycles. The highest BCUT2D eigenvalue weighted by Gasteiger charge is 2.44. The van der Waals surface area contributed by atoms with Gasteiger partial charge >= 0.3 is 12.3 Å². The fourth-order valence-electron chi connectivity index (χ4n) is 4.36. The van der Waals surface area contributed by atoms with Gasteiger partial charge in [0.25, 0.3) is 0 Å². The van der Waals surface area contributed by atoms with E-state index in [2.05, 4.69) is 15.6 Å². The topological polar surface area (TPSA) is 94.6 Å². The van der Waals surface area contributed by atoms with Gasteiger partial charge in [-0.05, 0) is 37.3 Å². The highest BCUT2D eigenvalue weighted by Crippen LogP contribution is 2.40.